The van der Waals surface area contributed by atoms with Gasteiger partial charge in [-0.3, -0.25) is 0 Å². The second-order valence-electron chi connectivity index (χ2n) is 5.00. The van der Waals surface area contributed by atoms with Crippen LogP contribution in [0.15, 0.2) is 18.2 Å². The lowest BCUT2D eigenvalue weighted by molar-refractivity contribution is 0.00936. The van der Waals surface area contributed by atoms with Crippen molar-refractivity contribution in [2.45, 2.75) is 19.4 Å². The largest absolute Gasteiger partial charge is 0.467 e. The fourth-order valence-corrected chi connectivity index (χ4v) is 1.83. The van der Waals surface area contributed by atoms with Gasteiger partial charge in [0.15, 0.2) is 6.79 Å². The number of hydrogen-bond acceptors (Lipinski definition) is 4. The summed E-state index contributed by atoms with van der Waals surface area (Å²) in [7, 11) is 1.65. The Morgan fingerprint density at radius 1 is 1.35 bits per heavy atom. The second kappa shape index (κ2) is 8.19. The SMILES string of the molecule is COCCNCc1cc(F)ccc1OCOCC1CC1. The van der Waals surface area contributed by atoms with Crippen LogP contribution in [-0.2, 0) is 16.0 Å². The minimum atomic E-state index is -0.264. The van der Waals surface area contributed by atoms with Crippen LogP contribution in [0, 0.1) is 11.7 Å². The van der Waals surface area contributed by atoms with Gasteiger partial charge in [0.2, 0.25) is 0 Å². The summed E-state index contributed by atoms with van der Waals surface area (Å²) in [6.07, 6.45) is 2.51. The van der Waals surface area contributed by atoms with Crippen LogP contribution in [0.1, 0.15) is 18.4 Å². The summed E-state index contributed by atoms with van der Waals surface area (Å²) in [6, 6.07) is 4.52. The fourth-order valence-electron chi connectivity index (χ4n) is 1.83. The molecule has 1 aromatic carbocycles. The summed E-state index contributed by atoms with van der Waals surface area (Å²) < 4.78 is 29.2. The smallest absolute Gasteiger partial charge is 0.189 e. The van der Waals surface area contributed by atoms with Crippen LogP contribution in [0.3, 0.4) is 0 Å². The third-order valence-electron chi connectivity index (χ3n) is 3.17. The number of nitrogens with one attached hydrogen (secondary N) is 1. The van der Waals surface area contributed by atoms with Crippen molar-refractivity contribution in [1.82, 2.24) is 5.32 Å². The van der Waals surface area contributed by atoms with E-state index in [0.29, 0.717) is 31.4 Å². The number of benzene rings is 1. The first-order chi connectivity index (χ1) is 9.79. The Hall–Kier alpha value is -1.17. The van der Waals surface area contributed by atoms with Crippen molar-refractivity contribution >= 4 is 0 Å². The lowest BCUT2D eigenvalue weighted by Crippen LogP contribution is -2.19. The Balaban J connectivity index is 1.78. The summed E-state index contributed by atoms with van der Waals surface area (Å²) in [5.41, 5.74) is 0.788. The highest BCUT2D eigenvalue weighted by Crippen LogP contribution is 2.28. The molecule has 0 aromatic heterocycles. The maximum Gasteiger partial charge on any atom is 0.189 e. The molecule has 0 amide bonds. The first-order valence-electron chi connectivity index (χ1n) is 6.98. The van der Waals surface area contributed by atoms with Gasteiger partial charge < -0.3 is 19.5 Å². The third kappa shape index (κ3) is 5.45. The van der Waals surface area contributed by atoms with Gasteiger partial charge in [-0.05, 0) is 37.0 Å². The number of rotatable bonds is 10. The fraction of sp³-hybridized carbons (Fsp3) is 0.600. The Morgan fingerprint density at radius 2 is 2.20 bits per heavy atom. The lowest BCUT2D eigenvalue weighted by atomic mass is 10.2. The van der Waals surface area contributed by atoms with Gasteiger partial charge in [0, 0.05) is 25.8 Å². The van der Waals surface area contributed by atoms with Gasteiger partial charge in [0.05, 0.1) is 13.2 Å². The monoisotopic (exact) mass is 283 g/mol. The Bertz CT molecular complexity index is 410. The molecule has 0 spiro atoms. The highest BCUT2D eigenvalue weighted by atomic mass is 19.1. The van der Waals surface area contributed by atoms with Crippen LogP contribution in [0.25, 0.3) is 0 Å². The van der Waals surface area contributed by atoms with Crippen LogP contribution in [0.4, 0.5) is 4.39 Å². The van der Waals surface area contributed by atoms with Crippen LogP contribution < -0.4 is 10.1 Å². The number of hydrogen-bond donors (Lipinski definition) is 1. The van der Waals surface area contributed by atoms with Crippen molar-refractivity contribution in [2.24, 2.45) is 5.92 Å². The zero-order valence-corrected chi connectivity index (χ0v) is 11.9. The molecule has 1 saturated carbocycles. The third-order valence-corrected chi connectivity index (χ3v) is 3.17. The molecule has 2 rings (SSSR count). The van der Waals surface area contributed by atoms with Crippen LogP contribution >= 0.6 is 0 Å². The first kappa shape index (κ1) is 15.2. The summed E-state index contributed by atoms with van der Waals surface area (Å²) in [5, 5.41) is 3.18. The zero-order chi connectivity index (χ0) is 14.2. The molecule has 4 nitrogen and oxygen atoms in total. The van der Waals surface area contributed by atoms with E-state index >= 15 is 0 Å². The van der Waals surface area contributed by atoms with Gasteiger partial charge in [0.25, 0.3) is 0 Å². The molecule has 5 heteroatoms. The minimum Gasteiger partial charge on any atom is -0.467 e. The Labute approximate surface area is 119 Å². The van der Waals surface area contributed by atoms with Crippen molar-refractivity contribution < 1.29 is 18.6 Å². The van der Waals surface area contributed by atoms with Gasteiger partial charge in [-0.2, -0.15) is 0 Å². The highest BCUT2D eigenvalue weighted by molar-refractivity contribution is 5.33. The number of ether oxygens (including phenoxy) is 3. The summed E-state index contributed by atoms with van der Waals surface area (Å²) in [5.74, 6) is 1.11. The van der Waals surface area contributed by atoms with Gasteiger partial charge >= 0.3 is 0 Å². The maximum absolute atomic E-state index is 13.3. The molecule has 1 aromatic rings. The highest BCUT2D eigenvalue weighted by Gasteiger charge is 2.21. The second-order valence-corrected chi connectivity index (χ2v) is 5.00. The van der Waals surface area contributed by atoms with Crippen LogP contribution in [0.2, 0.25) is 0 Å². The van der Waals surface area contributed by atoms with E-state index < -0.39 is 0 Å². The average molecular weight is 283 g/mol. The van der Waals surface area contributed by atoms with E-state index in [2.05, 4.69) is 5.32 Å². The molecule has 112 valence electrons. The molecule has 0 radical (unpaired) electrons. The van der Waals surface area contributed by atoms with E-state index in [1.807, 2.05) is 0 Å². The summed E-state index contributed by atoms with van der Waals surface area (Å²) in [6.45, 7) is 2.84. The molecule has 0 saturated heterocycles. The molecule has 0 atom stereocenters. The molecule has 1 fully saturated rings. The predicted molar refractivity (Wildman–Crippen MR) is 74.2 cm³/mol. The summed E-state index contributed by atoms with van der Waals surface area (Å²) >= 11 is 0. The van der Waals surface area contributed by atoms with E-state index in [1.54, 1.807) is 13.2 Å². The number of methoxy groups -OCH3 is 1. The van der Waals surface area contributed by atoms with Crippen molar-refractivity contribution in [3.8, 4) is 5.75 Å². The Kier molecular flexibility index (Phi) is 6.24. The minimum absolute atomic E-state index is 0.215. The van der Waals surface area contributed by atoms with Gasteiger partial charge in [0.1, 0.15) is 11.6 Å². The van der Waals surface area contributed by atoms with E-state index in [-0.39, 0.29) is 12.6 Å². The quantitative estimate of drug-likeness (QED) is 0.528. The van der Waals surface area contributed by atoms with E-state index in [4.69, 9.17) is 14.2 Å². The molecular formula is C15H22FNO3. The summed E-state index contributed by atoms with van der Waals surface area (Å²) in [4.78, 5) is 0. The molecular weight excluding hydrogens is 261 g/mol. The van der Waals surface area contributed by atoms with Crippen molar-refractivity contribution in [2.75, 3.05) is 33.7 Å². The van der Waals surface area contributed by atoms with E-state index in [9.17, 15) is 4.39 Å². The zero-order valence-electron chi connectivity index (χ0n) is 11.9. The molecule has 0 heterocycles. The van der Waals surface area contributed by atoms with Crippen molar-refractivity contribution in [3.05, 3.63) is 29.6 Å². The van der Waals surface area contributed by atoms with Gasteiger partial charge in [-0.25, -0.2) is 4.39 Å². The van der Waals surface area contributed by atoms with Crippen molar-refractivity contribution in [1.29, 1.82) is 0 Å². The van der Waals surface area contributed by atoms with E-state index in [0.717, 1.165) is 12.2 Å². The molecule has 1 N–H and O–H groups in total. The number of halogens is 1. The normalized spacial score (nSPS) is 14.5. The predicted octanol–water partition coefficient (Wildman–Crippen LogP) is 2.32. The van der Waals surface area contributed by atoms with Crippen LogP contribution in [0.5, 0.6) is 5.75 Å². The molecule has 0 unspecified atom stereocenters. The van der Waals surface area contributed by atoms with Crippen LogP contribution in [-0.4, -0.2) is 33.7 Å². The molecule has 1 aliphatic rings. The topological polar surface area (TPSA) is 39.7 Å². The molecule has 0 aliphatic heterocycles. The molecule has 20 heavy (non-hydrogen) atoms. The van der Waals surface area contributed by atoms with Gasteiger partial charge in [-0.1, -0.05) is 0 Å². The molecule has 1 aliphatic carbocycles. The lowest BCUT2D eigenvalue weighted by Gasteiger charge is -2.12. The van der Waals surface area contributed by atoms with Gasteiger partial charge in [-0.15, -0.1) is 0 Å². The van der Waals surface area contributed by atoms with E-state index in [1.165, 1.54) is 25.0 Å². The molecule has 0 bridgehead atoms. The standard InChI is InChI=1S/C15H22FNO3/c1-18-7-6-17-9-13-8-14(16)4-5-15(13)20-11-19-10-12-2-3-12/h4-5,8,12,17H,2-3,6-7,9-11H2,1H3. The average Bonchev–Trinajstić information content (AvgIpc) is 3.26. The Morgan fingerprint density at radius 3 is 2.95 bits per heavy atom. The van der Waals surface area contributed by atoms with Crippen molar-refractivity contribution in [3.63, 3.8) is 0 Å². The maximum atomic E-state index is 13.3. The first-order valence-corrected chi connectivity index (χ1v) is 6.98.